The molecule has 1 unspecified atom stereocenters. The second-order valence-electron chi connectivity index (χ2n) is 4.39. The molecule has 0 spiro atoms. The molecule has 0 bridgehead atoms. The van der Waals surface area contributed by atoms with Crippen LogP contribution in [-0.4, -0.2) is 47.2 Å². The van der Waals surface area contributed by atoms with Crippen LogP contribution in [0.5, 0.6) is 0 Å². The Balaban J connectivity index is 1.80. The fourth-order valence-electron chi connectivity index (χ4n) is 1.93. The Kier molecular flexibility index (Phi) is 4.48. The lowest BCUT2D eigenvalue weighted by Gasteiger charge is -2.12. The largest absolute Gasteiger partial charge is 0.480 e. The van der Waals surface area contributed by atoms with Crippen LogP contribution in [-0.2, 0) is 11.2 Å². The van der Waals surface area contributed by atoms with E-state index < -0.39 is 12.0 Å². The molecular formula is C13H18N4O2. The van der Waals surface area contributed by atoms with Crippen molar-refractivity contribution in [3.05, 3.63) is 30.1 Å². The minimum absolute atomic E-state index is 0.415. The Labute approximate surface area is 111 Å². The van der Waals surface area contributed by atoms with Crippen molar-refractivity contribution in [1.29, 1.82) is 0 Å². The number of benzene rings is 1. The number of aliphatic carboxylic acids is 1. The summed E-state index contributed by atoms with van der Waals surface area (Å²) >= 11 is 0. The Hall–Kier alpha value is -1.92. The maximum atomic E-state index is 10.8. The summed E-state index contributed by atoms with van der Waals surface area (Å²) in [7, 11) is 1.65. The number of carbonyl (C=O) groups is 1. The van der Waals surface area contributed by atoms with Crippen molar-refractivity contribution >= 4 is 17.0 Å². The number of H-pyrrole nitrogens is 1. The zero-order chi connectivity index (χ0) is 13.7. The first-order chi connectivity index (χ1) is 9.20. The lowest BCUT2D eigenvalue weighted by Crippen LogP contribution is -2.43. The van der Waals surface area contributed by atoms with Crippen LogP contribution in [0.4, 0.5) is 0 Å². The molecule has 6 heteroatoms. The number of likely N-dealkylation sites (N-methyl/N-ethyl adjacent to an activating group) is 1. The normalized spacial score (nSPS) is 12.7. The molecule has 1 aromatic heterocycles. The highest BCUT2D eigenvalue weighted by Crippen LogP contribution is 2.11. The van der Waals surface area contributed by atoms with Crippen LogP contribution in [0.15, 0.2) is 24.5 Å². The maximum absolute atomic E-state index is 10.8. The molecule has 0 aliphatic carbocycles. The van der Waals surface area contributed by atoms with Crippen LogP contribution in [0.1, 0.15) is 5.56 Å². The third kappa shape index (κ3) is 3.52. The highest BCUT2D eigenvalue weighted by atomic mass is 16.4. The predicted octanol–water partition coefficient (Wildman–Crippen LogP) is 0.368. The highest BCUT2D eigenvalue weighted by molar-refractivity contribution is 5.75. The van der Waals surface area contributed by atoms with E-state index in [0.29, 0.717) is 6.54 Å². The van der Waals surface area contributed by atoms with E-state index in [9.17, 15) is 4.79 Å². The molecular weight excluding hydrogens is 244 g/mol. The topological polar surface area (TPSA) is 90.0 Å². The van der Waals surface area contributed by atoms with E-state index in [1.54, 1.807) is 13.4 Å². The van der Waals surface area contributed by atoms with Gasteiger partial charge in [-0.15, -0.1) is 0 Å². The Bertz CT molecular complexity index is 552. The lowest BCUT2D eigenvalue weighted by atomic mass is 10.1. The number of imidazole rings is 1. The number of carboxylic acid groups (broad SMARTS) is 1. The van der Waals surface area contributed by atoms with Gasteiger partial charge in [-0.3, -0.25) is 4.79 Å². The standard InChI is InChI=1S/C13H18N4O2/c1-14-12(13(18)19)7-15-5-4-9-2-3-10-11(6-9)17-8-16-10/h2-3,6,8,12,14-15H,4-5,7H2,1H3,(H,16,17)(H,18,19). The second-order valence-corrected chi connectivity index (χ2v) is 4.39. The molecule has 0 amide bonds. The van der Waals surface area contributed by atoms with E-state index in [-0.39, 0.29) is 0 Å². The predicted molar refractivity (Wildman–Crippen MR) is 73.2 cm³/mol. The van der Waals surface area contributed by atoms with Crippen LogP contribution < -0.4 is 10.6 Å². The van der Waals surface area contributed by atoms with Crippen molar-refractivity contribution in [2.45, 2.75) is 12.5 Å². The summed E-state index contributed by atoms with van der Waals surface area (Å²) in [6.45, 7) is 1.16. The number of aromatic nitrogens is 2. The number of nitrogens with zero attached hydrogens (tertiary/aromatic N) is 1. The molecule has 1 aromatic carbocycles. The van der Waals surface area contributed by atoms with Gasteiger partial charge in [-0.2, -0.15) is 0 Å². The van der Waals surface area contributed by atoms with Crippen molar-refractivity contribution in [3.63, 3.8) is 0 Å². The maximum Gasteiger partial charge on any atom is 0.322 e. The zero-order valence-corrected chi connectivity index (χ0v) is 10.8. The summed E-state index contributed by atoms with van der Waals surface area (Å²) in [6, 6.07) is 5.54. The molecule has 0 fully saturated rings. The quantitative estimate of drug-likeness (QED) is 0.541. The number of carboxylic acids is 1. The van der Waals surface area contributed by atoms with Crippen molar-refractivity contribution in [2.75, 3.05) is 20.1 Å². The first-order valence-electron chi connectivity index (χ1n) is 6.23. The molecule has 19 heavy (non-hydrogen) atoms. The number of nitrogens with one attached hydrogen (secondary N) is 3. The summed E-state index contributed by atoms with van der Waals surface area (Å²) in [6.07, 6.45) is 2.53. The number of hydrogen-bond acceptors (Lipinski definition) is 4. The molecule has 2 aromatic rings. The Morgan fingerprint density at radius 2 is 2.37 bits per heavy atom. The fourth-order valence-corrected chi connectivity index (χ4v) is 1.93. The third-order valence-electron chi connectivity index (χ3n) is 3.07. The van der Waals surface area contributed by atoms with Gasteiger partial charge in [0, 0.05) is 6.54 Å². The van der Waals surface area contributed by atoms with E-state index in [4.69, 9.17) is 5.11 Å². The Morgan fingerprint density at radius 3 is 3.11 bits per heavy atom. The molecule has 0 aliphatic heterocycles. The van der Waals surface area contributed by atoms with E-state index in [1.807, 2.05) is 12.1 Å². The van der Waals surface area contributed by atoms with Gasteiger partial charge in [-0.1, -0.05) is 6.07 Å². The molecule has 4 N–H and O–H groups in total. The van der Waals surface area contributed by atoms with Gasteiger partial charge >= 0.3 is 5.97 Å². The van der Waals surface area contributed by atoms with Crippen molar-refractivity contribution < 1.29 is 9.90 Å². The van der Waals surface area contributed by atoms with Crippen molar-refractivity contribution in [2.24, 2.45) is 0 Å². The second kappa shape index (κ2) is 6.31. The summed E-state index contributed by atoms with van der Waals surface area (Å²) in [5.41, 5.74) is 3.18. The zero-order valence-electron chi connectivity index (χ0n) is 10.8. The monoisotopic (exact) mass is 262 g/mol. The molecule has 2 rings (SSSR count). The SMILES string of the molecule is CNC(CNCCc1ccc2nc[nH]c2c1)C(=O)O. The van der Waals surface area contributed by atoms with E-state index in [1.165, 1.54) is 5.56 Å². The molecule has 1 atom stereocenters. The van der Waals surface area contributed by atoms with Crippen LogP contribution in [0.25, 0.3) is 11.0 Å². The van der Waals surface area contributed by atoms with Crippen LogP contribution in [0.2, 0.25) is 0 Å². The molecule has 6 nitrogen and oxygen atoms in total. The summed E-state index contributed by atoms with van der Waals surface area (Å²) in [5.74, 6) is -0.839. The lowest BCUT2D eigenvalue weighted by molar-refractivity contribution is -0.139. The molecule has 0 aliphatic rings. The van der Waals surface area contributed by atoms with Gasteiger partial charge in [0.1, 0.15) is 6.04 Å². The first kappa shape index (κ1) is 13.5. The smallest absolute Gasteiger partial charge is 0.322 e. The molecule has 0 saturated heterocycles. The van der Waals surface area contributed by atoms with Gasteiger partial charge in [0.05, 0.1) is 17.4 Å². The van der Waals surface area contributed by atoms with E-state index >= 15 is 0 Å². The average Bonchev–Trinajstić information content (AvgIpc) is 2.85. The summed E-state index contributed by atoms with van der Waals surface area (Å²) in [4.78, 5) is 18.0. The van der Waals surface area contributed by atoms with Gasteiger partial charge in [-0.25, -0.2) is 4.98 Å². The first-order valence-corrected chi connectivity index (χ1v) is 6.23. The van der Waals surface area contributed by atoms with E-state index in [2.05, 4.69) is 26.7 Å². The molecule has 0 radical (unpaired) electrons. The minimum atomic E-state index is -0.839. The number of aromatic amines is 1. The number of rotatable bonds is 7. The number of hydrogen-bond donors (Lipinski definition) is 4. The van der Waals surface area contributed by atoms with Crippen LogP contribution in [0, 0.1) is 0 Å². The Morgan fingerprint density at radius 1 is 1.53 bits per heavy atom. The van der Waals surface area contributed by atoms with E-state index in [0.717, 1.165) is 24.0 Å². The highest BCUT2D eigenvalue weighted by Gasteiger charge is 2.13. The summed E-state index contributed by atoms with van der Waals surface area (Å²) in [5, 5.41) is 14.8. The number of fused-ring (bicyclic) bond motifs is 1. The minimum Gasteiger partial charge on any atom is -0.480 e. The van der Waals surface area contributed by atoms with Crippen molar-refractivity contribution in [3.8, 4) is 0 Å². The third-order valence-corrected chi connectivity index (χ3v) is 3.07. The van der Waals surface area contributed by atoms with Crippen molar-refractivity contribution in [1.82, 2.24) is 20.6 Å². The average molecular weight is 262 g/mol. The fraction of sp³-hybridized carbons (Fsp3) is 0.385. The summed E-state index contributed by atoms with van der Waals surface area (Å²) < 4.78 is 0. The van der Waals surface area contributed by atoms with Gasteiger partial charge in [0.15, 0.2) is 0 Å². The molecule has 1 heterocycles. The molecule has 0 saturated carbocycles. The van der Waals surface area contributed by atoms with Gasteiger partial charge in [0.2, 0.25) is 0 Å². The molecule has 102 valence electrons. The van der Waals surface area contributed by atoms with Crippen LogP contribution >= 0.6 is 0 Å². The van der Waals surface area contributed by atoms with Gasteiger partial charge in [0.25, 0.3) is 0 Å². The van der Waals surface area contributed by atoms with Gasteiger partial charge in [-0.05, 0) is 37.7 Å². The van der Waals surface area contributed by atoms with Crippen LogP contribution in [0.3, 0.4) is 0 Å². The van der Waals surface area contributed by atoms with Gasteiger partial charge < -0.3 is 20.7 Å².